The monoisotopic (exact) mass is 228 g/mol. The van der Waals surface area contributed by atoms with Gasteiger partial charge < -0.3 is 15.0 Å². The van der Waals surface area contributed by atoms with Crippen molar-refractivity contribution in [3.05, 3.63) is 0 Å². The number of methoxy groups -OCH3 is 1. The number of ether oxygens (including phenoxy) is 1. The second-order valence-electron chi connectivity index (χ2n) is 4.73. The first-order valence-electron chi connectivity index (χ1n) is 6.82. The molecule has 0 unspecified atom stereocenters. The standard InChI is InChI=1S/C13H28N2O/c1-3-4-5-8-14-9-12-15-10-6-13(16-2)7-11-15/h13-14H,3-12H2,1-2H3. The fraction of sp³-hybridized carbons (Fsp3) is 1.00. The van der Waals surface area contributed by atoms with Crippen LogP contribution in [0.3, 0.4) is 0 Å². The molecule has 0 aromatic heterocycles. The number of hydrogen-bond donors (Lipinski definition) is 1. The molecule has 1 aliphatic rings. The Balaban J connectivity index is 1.90. The van der Waals surface area contributed by atoms with E-state index >= 15 is 0 Å². The molecule has 3 nitrogen and oxygen atoms in total. The van der Waals surface area contributed by atoms with E-state index in [1.807, 2.05) is 7.11 Å². The van der Waals surface area contributed by atoms with Crippen molar-refractivity contribution in [3.8, 4) is 0 Å². The van der Waals surface area contributed by atoms with Gasteiger partial charge in [0.05, 0.1) is 6.10 Å². The van der Waals surface area contributed by atoms with Gasteiger partial charge in [0, 0.05) is 33.3 Å². The molecule has 0 aromatic carbocycles. The van der Waals surface area contributed by atoms with E-state index in [0.29, 0.717) is 6.10 Å². The lowest BCUT2D eigenvalue weighted by atomic mass is 10.1. The highest BCUT2D eigenvalue weighted by atomic mass is 16.5. The second-order valence-corrected chi connectivity index (χ2v) is 4.73. The Labute approximate surface area is 101 Å². The summed E-state index contributed by atoms with van der Waals surface area (Å²) in [5.74, 6) is 0. The highest BCUT2D eigenvalue weighted by Gasteiger charge is 2.17. The van der Waals surface area contributed by atoms with Gasteiger partial charge in [0.25, 0.3) is 0 Å². The minimum Gasteiger partial charge on any atom is -0.381 e. The molecule has 0 radical (unpaired) electrons. The van der Waals surface area contributed by atoms with Gasteiger partial charge in [-0.05, 0) is 25.8 Å². The predicted octanol–water partition coefficient (Wildman–Crippen LogP) is 1.88. The molecule has 0 spiro atoms. The Morgan fingerprint density at radius 1 is 1.19 bits per heavy atom. The van der Waals surface area contributed by atoms with Crippen LogP contribution in [0.4, 0.5) is 0 Å². The topological polar surface area (TPSA) is 24.5 Å². The van der Waals surface area contributed by atoms with E-state index in [1.54, 1.807) is 0 Å². The van der Waals surface area contributed by atoms with Gasteiger partial charge in [-0.3, -0.25) is 0 Å². The van der Waals surface area contributed by atoms with E-state index in [1.165, 1.54) is 58.3 Å². The van der Waals surface area contributed by atoms with Crippen molar-refractivity contribution in [1.82, 2.24) is 10.2 Å². The molecule has 1 fully saturated rings. The summed E-state index contributed by atoms with van der Waals surface area (Å²) in [5, 5.41) is 3.52. The first-order valence-corrected chi connectivity index (χ1v) is 6.82. The van der Waals surface area contributed by atoms with Crippen LogP contribution in [0.15, 0.2) is 0 Å². The Morgan fingerprint density at radius 3 is 2.56 bits per heavy atom. The van der Waals surface area contributed by atoms with Crippen molar-refractivity contribution in [2.24, 2.45) is 0 Å². The van der Waals surface area contributed by atoms with E-state index in [2.05, 4.69) is 17.1 Å². The van der Waals surface area contributed by atoms with E-state index in [9.17, 15) is 0 Å². The van der Waals surface area contributed by atoms with Crippen LogP contribution in [0, 0.1) is 0 Å². The molecule has 0 amide bonds. The second kappa shape index (κ2) is 8.97. The average molecular weight is 228 g/mol. The van der Waals surface area contributed by atoms with Gasteiger partial charge in [-0.25, -0.2) is 0 Å². The highest BCUT2D eigenvalue weighted by molar-refractivity contribution is 4.72. The predicted molar refractivity (Wildman–Crippen MR) is 68.9 cm³/mol. The number of piperidine rings is 1. The largest absolute Gasteiger partial charge is 0.381 e. The SMILES string of the molecule is CCCCCNCCN1CCC(OC)CC1. The number of unbranched alkanes of at least 4 members (excludes halogenated alkanes) is 2. The van der Waals surface area contributed by atoms with Gasteiger partial charge in [-0.15, -0.1) is 0 Å². The number of hydrogen-bond acceptors (Lipinski definition) is 3. The molecule has 1 aliphatic heterocycles. The lowest BCUT2D eigenvalue weighted by Gasteiger charge is -2.31. The maximum atomic E-state index is 5.37. The molecule has 0 bridgehead atoms. The lowest BCUT2D eigenvalue weighted by Crippen LogP contribution is -2.40. The van der Waals surface area contributed by atoms with Gasteiger partial charge in [0.1, 0.15) is 0 Å². The zero-order chi connectivity index (χ0) is 11.6. The third-order valence-electron chi connectivity index (χ3n) is 3.43. The summed E-state index contributed by atoms with van der Waals surface area (Å²) in [5.41, 5.74) is 0. The highest BCUT2D eigenvalue weighted by Crippen LogP contribution is 2.11. The van der Waals surface area contributed by atoms with Gasteiger partial charge >= 0.3 is 0 Å². The molecular weight excluding hydrogens is 200 g/mol. The first kappa shape index (κ1) is 13.9. The summed E-state index contributed by atoms with van der Waals surface area (Å²) in [6.07, 6.45) is 6.90. The quantitative estimate of drug-likeness (QED) is 0.642. The van der Waals surface area contributed by atoms with Crippen LogP contribution < -0.4 is 5.32 Å². The molecule has 0 aliphatic carbocycles. The minimum absolute atomic E-state index is 0.508. The van der Waals surface area contributed by atoms with Crippen LogP contribution in [0.25, 0.3) is 0 Å². The number of likely N-dealkylation sites (tertiary alicyclic amines) is 1. The molecular formula is C13H28N2O. The fourth-order valence-electron chi connectivity index (χ4n) is 2.23. The molecule has 16 heavy (non-hydrogen) atoms. The first-order chi connectivity index (χ1) is 7.86. The van der Waals surface area contributed by atoms with Crippen LogP contribution in [0.2, 0.25) is 0 Å². The van der Waals surface area contributed by atoms with Crippen molar-refractivity contribution in [3.63, 3.8) is 0 Å². The van der Waals surface area contributed by atoms with Crippen LogP contribution in [-0.4, -0.2) is 50.8 Å². The summed E-state index contributed by atoms with van der Waals surface area (Å²) in [4.78, 5) is 2.54. The van der Waals surface area contributed by atoms with E-state index in [-0.39, 0.29) is 0 Å². The summed E-state index contributed by atoms with van der Waals surface area (Å²) >= 11 is 0. The number of nitrogens with one attached hydrogen (secondary N) is 1. The maximum absolute atomic E-state index is 5.37. The van der Waals surface area contributed by atoms with Crippen molar-refractivity contribution in [2.75, 3.05) is 39.8 Å². The smallest absolute Gasteiger partial charge is 0.0595 e. The summed E-state index contributed by atoms with van der Waals surface area (Å²) in [6.45, 7) is 8.18. The van der Waals surface area contributed by atoms with Crippen LogP contribution in [0.5, 0.6) is 0 Å². The van der Waals surface area contributed by atoms with Crippen LogP contribution in [-0.2, 0) is 4.74 Å². The molecule has 96 valence electrons. The molecule has 3 heteroatoms. The molecule has 1 rings (SSSR count). The molecule has 1 N–H and O–H groups in total. The van der Waals surface area contributed by atoms with Crippen LogP contribution in [0.1, 0.15) is 39.0 Å². The minimum atomic E-state index is 0.508. The molecule has 0 aromatic rings. The molecule has 1 heterocycles. The summed E-state index contributed by atoms with van der Waals surface area (Å²) < 4.78 is 5.37. The Morgan fingerprint density at radius 2 is 1.94 bits per heavy atom. The average Bonchev–Trinajstić information content (AvgIpc) is 2.34. The van der Waals surface area contributed by atoms with Gasteiger partial charge in [-0.2, -0.15) is 0 Å². The fourth-order valence-corrected chi connectivity index (χ4v) is 2.23. The van der Waals surface area contributed by atoms with Crippen LogP contribution >= 0.6 is 0 Å². The Hall–Kier alpha value is -0.120. The number of rotatable bonds is 8. The lowest BCUT2D eigenvalue weighted by molar-refractivity contribution is 0.0415. The Kier molecular flexibility index (Phi) is 7.81. The van der Waals surface area contributed by atoms with Gasteiger partial charge in [0.2, 0.25) is 0 Å². The van der Waals surface area contributed by atoms with E-state index < -0.39 is 0 Å². The zero-order valence-electron chi connectivity index (χ0n) is 11.0. The third kappa shape index (κ3) is 5.83. The number of nitrogens with zero attached hydrogens (tertiary/aromatic N) is 1. The zero-order valence-corrected chi connectivity index (χ0v) is 11.0. The molecule has 0 saturated carbocycles. The van der Waals surface area contributed by atoms with Gasteiger partial charge in [-0.1, -0.05) is 19.8 Å². The molecule has 0 atom stereocenters. The van der Waals surface area contributed by atoms with Gasteiger partial charge in [0.15, 0.2) is 0 Å². The summed E-state index contributed by atoms with van der Waals surface area (Å²) in [7, 11) is 1.83. The van der Waals surface area contributed by atoms with E-state index in [0.717, 1.165) is 6.54 Å². The summed E-state index contributed by atoms with van der Waals surface area (Å²) in [6, 6.07) is 0. The van der Waals surface area contributed by atoms with Crippen molar-refractivity contribution < 1.29 is 4.74 Å². The van der Waals surface area contributed by atoms with Crippen molar-refractivity contribution in [1.29, 1.82) is 0 Å². The molecule has 1 saturated heterocycles. The normalized spacial score (nSPS) is 19.1. The maximum Gasteiger partial charge on any atom is 0.0595 e. The van der Waals surface area contributed by atoms with Crippen molar-refractivity contribution in [2.45, 2.75) is 45.1 Å². The third-order valence-corrected chi connectivity index (χ3v) is 3.43. The van der Waals surface area contributed by atoms with Crippen molar-refractivity contribution >= 4 is 0 Å². The Bertz CT molecular complexity index is 156. The van der Waals surface area contributed by atoms with E-state index in [4.69, 9.17) is 4.74 Å².